The number of ether oxygens (including phenoxy) is 2. The molecule has 0 spiro atoms. The number of methoxy groups -OCH3 is 2. The maximum atomic E-state index is 12.3. The quantitative estimate of drug-likeness (QED) is 0.487. The third-order valence-electron chi connectivity index (χ3n) is 4.27. The van der Waals surface area contributed by atoms with Crippen LogP contribution in [-0.2, 0) is 6.42 Å². The molecule has 0 saturated carbocycles. The summed E-state index contributed by atoms with van der Waals surface area (Å²) in [4.78, 5) is 12.3. The second kappa shape index (κ2) is 8.85. The molecule has 0 saturated heterocycles. The monoisotopic (exact) mass is 378 g/mol. The SMILES string of the molecule is CCc1ccc(-c2cc(C(=O)N/N=C/c3ccc(OC)c(OC)c3)[nH]n2)cc1. The summed E-state index contributed by atoms with van der Waals surface area (Å²) in [6.07, 6.45) is 2.51. The zero-order chi connectivity index (χ0) is 19.9. The van der Waals surface area contributed by atoms with Crippen LogP contribution in [0.2, 0.25) is 0 Å². The molecule has 0 radical (unpaired) electrons. The summed E-state index contributed by atoms with van der Waals surface area (Å²) < 4.78 is 10.4. The van der Waals surface area contributed by atoms with Crippen molar-refractivity contribution < 1.29 is 14.3 Å². The van der Waals surface area contributed by atoms with E-state index in [0.29, 0.717) is 22.9 Å². The van der Waals surface area contributed by atoms with E-state index in [1.807, 2.05) is 18.2 Å². The fourth-order valence-electron chi connectivity index (χ4n) is 2.66. The first-order valence-electron chi connectivity index (χ1n) is 8.84. The Labute approximate surface area is 163 Å². The van der Waals surface area contributed by atoms with Crippen LogP contribution < -0.4 is 14.9 Å². The maximum absolute atomic E-state index is 12.3. The lowest BCUT2D eigenvalue weighted by Gasteiger charge is -2.07. The number of amides is 1. The first-order chi connectivity index (χ1) is 13.6. The van der Waals surface area contributed by atoms with E-state index in [1.54, 1.807) is 32.4 Å². The minimum Gasteiger partial charge on any atom is -0.493 e. The largest absolute Gasteiger partial charge is 0.493 e. The Hall–Kier alpha value is -3.61. The van der Waals surface area contributed by atoms with Gasteiger partial charge in [-0.1, -0.05) is 31.2 Å². The molecule has 3 rings (SSSR count). The highest BCUT2D eigenvalue weighted by atomic mass is 16.5. The summed E-state index contributed by atoms with van der Waals surface area (Å²) in [5, 5.41) is 10.9. The van der Waals surface area contributed by atoms with Gasteiger partial charge in [-0.15, -0.1) is 0 Å². The van der Waals surface area contributed by atoms with Gasteiger partial charge in [-0.05, 0) is 41.8 Å². The number of nitrogens with one attached hydrogen (secondary N) is 2. The first kappa shape index (κ1) is 19.2. The number of aryl methyl sites for hydroxylation is 1. The van der Waals surface area contributed by atoms with E-state index in [-0.39, 0.29) is 5.91 Å². The number of nitrogens with zero attached hydrogens (tertiary/aromatic N) is 2. The van der Waals surface area contributed by atoms with E-state index < -0.39 is 0 Å². The van der Waals surface area contributed by atoms with Crippen molar-refractivity contribution in [2.24, 2.45) is 5.10 Å². The molecule has 0 fully saturated rings. The van der Waals surface area contributed by atoms with Crippen LogP contribution in [0.15, 0.2) is 53.6 Å². The molecule has 0 unspecified atom stereocenters. The topological polar surface area (TPSA) is 88.6 Å². The standard InChI is InChI=1S/C21H22N4O3/c1-4-14-5-8-16(9-6-14)17-12-18(24-23-17)21(26)25-22-13-15-7-10-19(27-2)20(11-15)28-3/h5-13H,4H2,1-3H3,(H,23,24)(H,25,26)/b22-13+. The van der Waals surface area contributed by atoms with Crippen LogP contribution in [0.5, 0.6) is 11.5 Å². The van der Waals surface area contributed by atoms with Crippen LogP contribution in [0, 0.1) is 0 Å². The number of hydrogen-bond acceptors (Lipinski definition) is 5. The molecular weight excluding hydrogens is 356 g/mol. The number of carbonyl (C=O) groups excluding carboxylic acids is 1. The van der Waals surface area contributed by atoms with E-state index in [9.17, 15) is 4.79 Å². The normalized spacial score (nSPS) is 10.8. The van der Waals surface area contributed by atoms with Gasteiger partial charge in [0.15, 0.2) is 11.5 Å². The lowest BCUT2D eigenvalue weighted by Crippen LogP contribution is -2.18. The van der Waals surface area contributed by atoms with Crippen LogP contribution in [0.4, 0.5) is 0 Å². The maximum Gasteiger partial charge on any atom is 0.289 e. The zero-order valence-corrected chi connectivity index (χ0v) is 16.0. The molecule has 0 aliphatic heterocycles. The molecule has 2 aromatic carbocycles. The number of benzene rings is 2. The highest BCUT2D eigenvalue weighted by molar-refractivity contribution is 5.94. The molecule has 0 aliphatic rings. The summed E-state index contributed by atoms with van der Waals surface area (Å²) in [6.45, 7) is 2.11. The lowest BCUT2D eigenvalue weighted by molar-refractivity contribution is 0.0950. The Morgan fingerprint density at radius 2 is 1.86 bits per heavy atom. The summed E-state index contributed by atoms with van der Waals surface area (Å²) in [6, 6.07) is 15.1. The van der Waals surface area contributed by atoms with Gasteiger partial charge in [-0.2, -0.15) is 10.2 Å². The van der Waals surface area contributed by atoms with Crippen molar-refractivity contribution in [3.05, 3.63) is 65.4 Å². The third kappa shape index (κ3) is 4.37. The van der Waals surface area contributed by atoms with Gasteiger partial charge in [-0.3, -0.25) is 9.89 Å². The van der Waals surface area contributed by atoms with E-state index in [2.05, 4.69) is 39.8 Å². The predicted molar refractivity (Wildman–Crippen MR) is 108 cm³/mol. The van der Waals surface area contributed by atoms with Crippen molar-refractivity contribution in [3.63, 3.8) is 0 Å². The highest BCUT2D eigenvalue weighted by Gasteiger charge is 2.10. The third-order valence-corrected chi connectivity index (χ3v) is 4.27. The van der Waals surface area contributed by atoms with E-state index in [4.69, 9.17) is 9.47 Å². The van der Waals surface area contributed by atoms with Crippen LogP contribution in [0.25, 0.3) is 11.3 Å². The molecule has 28 heavy (non-hydrogen) atoms. The second-order valence-electron chi connectivity index (χ2n) is 6.03. The van der Waals surface area contributed by atoms with Crippen LogP contribution in [0.3, 0.4) is 0 Å². The number of carbonyl (C=O) groups is 1. The molecule has 3 aromatic rings. The fourth-order valence-corrected chi connectivity index (χ4v) is 2.66. The number of aromatic amines is 1. The molecule has 1 heterocycles. The van der Waals surface area contributed by atoms with E-state index in [0.717, 1.165) is 17.5 Å². The summed E-state index contributed by atoms with van der Waals surface area (Å²) in [5.41, 5.74) is 6.48. The average molecular weight is 378 g/mol. The Kier molecular flexibility index (Phi) is 6.06. The molecule has 7 nitrogen and oxygen atoms in total. The van der Waals surface area contributed by atoms with Crippen molar-refractivity contribution in [1.82, 2.24) is 15.6 Å². The molecule has 2 N–H and O–H groups in total. The number of hydrogen-bond donors (Lipinski definition) is 2. The molecule has 0 bridgehead atoms. The Morgan fingerprint density at radius 1 is 1.11 bits per heavy atom. The number of rotatable bonds is 7. The van der Waals surface area contributed by atoms with E-state index >= 15 is 0 Å². The number of aromatic nitrogens is 2. The van der Waals surface area contributed by atoms with Gasteiger partial charge in [0.25, 0.3) is 5.91 Å². The average Bonchev–Trinajstić information content (AvgIpc) is 3.24. The Bertz CT molecular complexity index is 978. The molecule has 7 heteroatoms. The van der Waals surface area contributed by atoms with Crippen molar-refractivity contribution in [3.8, 4) is 22.8 Å². The number of hydrazone groups is 1. The van der Waals surface area contributed by atoms with Crippen molar-refractivity contribution in [1.29, 1.82) is 0 Å². The molecule has 0 aliphatic carbocycles. The molecule has 144 valence electrons. The van der Waals surface area contributed by atoms with Crippen LogP contribution in [0.1, 0.15) is 28.5 Å². The number of H-pyrrole nitrogens is 1. The molecule has 0 atom stereocenters. The zero-order valence-electron chi connectivity index (χ0n) is 16.0. The summed E-state index contributed by atoms with van der Waals surface area (Å²) in [5.74, 6) is 0.839. The van der Waals surface area contributed by atoms with Gasteiger partial charge in [0.05, 0.1) is 26.1 Å². The summed E-state index contributed by atoms with van der Waals surface area (Å²) >= 11 is 0. The first-order valence-corrected chi connectivity index (χ1v) is 8.84. The summed E-state index contributed by atoms with van der Waals surface area (Å²) in [7, 11) is 3.13. The molecule has 1 aromatic heterocycles. The van der Waals surface area contributed by atoms with Gasteiger partial charge in [0.2, 0.25) is 0 Å². The minimum absolute atomic E-state index is 0.332. The molecule has 1 amide bonds. The van der Waals surface area contributed by atoms with Gasteiger partial charge < -0.3 is 9.47 Å². The minimum atomic E-state index is -0.374. The van der Waals surface area contributed by atoms with Gasteiger partial charge in [0, 0.05) is 5.56 Å². The van der Waals surface area contributed by atoms with Crippen molar-refractivity contribution >= 4 is 12.1 Å². The van der Waals surface area contributed by atoms with Gasteiger partial charge in [0.1, 0.15) is 5.69 Å². The van der Waals surface area contributed by atoms with Crippen LogP contribution >= 0.6 is 0 Å². The van der Waals surface area contributed by atoms with Crippen LogP contribution in [-0.4, -0.2) is 36.5 Å². The van der Waals surface area contributed by atoms with Gasteiger partial charge in [-0.25, -0.2) is 5.43 Å². The lowest BCUT2D eigenvalue weighted by atomic mass is 10.1. The Morgan fingerprint density at radius 3 is 2.54 bits per heavy atom. The fraction of sp³-hybridized carbons (Fsp3) is 0.190. The van der Waals surface area contributed by atoms with Gasteiger partial charge >= 0.3 is 0 Å². The molecular formula is C21H22N4O3. The van der Waals surface area contributed by atoms with Crippen molar-refractivity contribution in [2.75, 3.05) is 14.2 Å². The van der Waals surface area contributed by atoms with Crippen molar-refractivity contribution in [2.45, 2.75) is 13.3 Å². The Balaban J connectivity index is 1.65. The van der Waals surface area contributed by atoms with E-state index in [1.165, 1.54) is 11.8 Å². The smallest absolute Gasteiger partial charge is 0.289 e. The second-order valence-corrected chi connectivity index (χ2v) is 6.03. The predicted octanol–water partition coefficient (Wildman–Crippen LogP) is 3.42. The highest BCUT2D eigenvalue weighted by Crippen LogP contribution is 2.26.